The summed E-state index contributed by atoms with van der Waals surface area (Å²) in [6, 6.07) is 0. The summed E-state index contributed by atoms with van der Waals surface area (Å²) >= 11 is 1.46. The van der Waals surface area contributed by atoms with E-state index < -0.39 is 0 Å². The number of rotatable bonds is 5. The van der Waals surface area contributed by atoms with Gasteiger partial charge >= 0.3 is 0 Å². The first-order valence-corrected chi connectivity index (χ1v) is 9.90. The van der Waals surface area contributed by atoms with Crippen LogP contribution in [0.5, 0.6) is 0 Å². The van der Waals surface area contributed by atoms with Gasteiger partial charge in [0.05, 0.1) is 6.61 Å². The minimum absolute atomic E-state index is 0.195. The van der Waals surface area contributed by atoms with Crippen LogP contribution in [0.1, 0.15) is 44.3 Å². The Hall–Kier alpha value is -1.21. The quantitative estimate of drug-likeness (QED) is 0.814. The Balaban J connectivity index is 1.49. The zero-order valence-electron chi connectivity index (χ0n) is 14.6. The Kier molecular flexibility index (Phi) is 6.43. The average Bonchev–Trinajstić information content (AvgIpc) is 2.92. The Morgan fingerprint density at radius 2 is 1.88 bits per heavy atom. The summed E-state index contributed by atoms with van der Waals surface area (Å²) in [5.41, 5.74) is 0. The SMILES string of the molecule is COCCc1nsc(N2CCC(C(=O)N3CCCCCC3)CC2)n1. The fourth-order valence-corrected chi connectivity index (χ4v) is 4.30. The van der Waals surface area contributed by atoms with E-state index in [-0.39, 0.29) is 5.92 Å². The van der Waals surface area contributed by atoms with Gasteiger partial charge in [-0.2, -0.15) is 4.37 Å². The minimum Gasteiger partial charge on any atom is -0.384 e. The topological polar surface area (TPSA) is 58.6 Å². The van der Waals surface area contributed by atoms with Crippen molar-refractivity contribution in [3.63, 3.8) is 0 Å². The van der Waals surface area contributed by atoms with Gasteiger partial charge in [0, 0.05) is 57.2 Å². The second-order valence-electron chi connectivity index (χ2n) is 6.74. The van der Waals surface area contributed by atoms with Crippen LogP contribution in [0.15, 0.2) is 0 Å². The molecule has 0 aromatic carbocycles. The number of amides is 1. The van der Waals surface area contributed by atoms with Crippen molar-refractivity contribution in [2.45, 2.75) is 44.9 Å². The van der Waals surface area contributed by atoms with E-state index in [2.05, 4.69) is 19.2 Å². The molecule has 0 N–H and O–H groups in total. The molecule has 7 heteroatoms. The fraction of sp³-hybridized carbons (Fsp3) is 0.824. The summed E-state index contributed by atoms with van der Waals surface area (Å²) in [7, 11) is 1.69. The average molecular weight is 353 g/mol. The minimum atomic E-state index is 0.195. The first-order chi connectivity index (χ1) is 11.8. The third-order valence-electron chi connectivity index (χ3n) is 5.02. The van der Waals surface area contributed by atoms with Crippen LogP contribution in [0, 0.1) is 5.92 Å². The van der Waals surface area contributed by atoms with E-state index in [0.717, 1.165) is 56.4 Å². The molecular formula is C17H28N4O2S. The summed E-state index contributed by atoms with van der Waals surface area (Å²) < 4.78 is 9.48. The Morgan fingerprint density at radius 1 is 1.17 bits per heavy atom. The summed E-state index contributed by atoms with van der Waals surface area (Å²) in [6.07, 6.45) is 7.50. The Labute approximate surface area is 148 Å². The third-order valence-corrected chi connectivity index (χ3v) is 5.83. The van der Waals surface area contributed by atoms with E-state index in [0.29, 0.717) is 12.5 Å². The molecule has 0 bridgehead atoms. The highest BCUT2D eigenvalue weighted by molar-refractivity contribution is 7.09. The highest BCUT2D eigenvalue weighted by Gasteiger charge is 2.29. The van der Waals surface area contributed by atoms with E-state index >= 15 is 0 Å². The first kappa shape index (κ1) is 17.6. The number of piperidine rings is 1. The van der Waals surface area contributed by atoms with Crippen molar-refractivity contribution in [2.75, 3.05) is 44.8 Å². The van der Waals surface area contributed by atoms with Gasteiger partial charge in [-0.25, -0.2) is 4.98 Å². The molecule has 6 nitrogen and oxygen atoms in total. The number of methoxy groups -OCH3 is 1. The zero-order valence-corrected chi connectivity index (χ0v) is 15.4. The van der Waals surface area contributed by atoms with Crippen molar-refractivity contribution < 1.29 is 9.53 Å². The van der Waals surface area contributed by atoms with Crippen molar-refractivity contribution >= 4 is 22.6 Å². The highest BCUT2D eigenvalue weighted by Crippen LogP contribution is 2.26. The molecule has 24 heavy (non-hydrogen) atoms. The fourth-order valence-electron chi connectivity index (χ4n) is 3.54. The van der Waals surface area contributed by atoms with Crippen LogP contribution in [0.4, 0.5) is 5.13 Å². The van der Waals surface area contributed by atoms with Crippen LogP contribution < -0.4 is 4.90 Å². The molecule has 3 rings (SSSR count). The lowest BCUT2D eigenvalue weighted by atomic mass is 9.95. The lowest BCUT2D eigenvalue weighted by Crippen LogP contribution is -2.43. The normalized spacial score (nSPS) is 20.2. The second kappa shape index (κ2) is 8.76. The predicted octanol–water partition coefficient (Wildman–Crippen LogP) is 2.35. The number of hydrogen-bond donors (Lipinski definition) is 0. The summed E-state index contributed by atoms with van der Waals surface area (Å²) in [5.74, 6) is 1.44. The van der Waals surface area contributed by atoms with Gasteiger partial charge in [0.2, 0.25) is 11.0 Å². The van der Waals surface area contributed by atoms with Crippen LogP contribution in [-0.2, 0) is 16.0 Å². The second-order valence-corrected chi connectivity index (χ2v) is 7.47. The number of aromatic nitrogens is 2. The number of likely N-dealkylation sites (tertiary alicyclic amines) is 1. The number of hydrogen-bond acceptors (Lipinski definition) is 6. The molecule has 2 aliphatic rings. The number of carbonyl (C=O) groups is 1. The smallest absolute Gasteiger partial charge is 0.225 e. The Bertz CT molecular complexity index is 520. The van der Waals surface area contributed by atoms with Crippen LogP contribution in [-0.4, -0.2) is 60.1 Å². The summed E-state index contributed by atoms with van der Waals surface area (Å²) in [4.78, 5) is 21.7. The maximum Gasteiger partial charge on any atom is 0.225 e. The van der Waals surface area contributed by atoms with Crippen LogP contribution in [0.2, 0.25) is 0 Å². The van der Waals surface area contributed by atoms with Gasteiger partial charge in [0.15, 0.2) is 0 Å². The highest BCUT2D eigenvalue weighted by atomic mass is 32.1. The van der Waals surface area contributed by atoms with Crippen molar-refractivity contribution in [2.24, 2.45) is 5.92 Å². The summed E-state index contributed by atoms with van der Waals surface area (Å²) in [5, 5.41) is 0.988. The zero-order chi connectivity index (χ0) is 16.8. The molecule has 0 aliphatic carbocycles. The van der Waals surface area contributed by atoms with Crippen molar-refractivity contribution in [3.05, 3.63) is 5.82 Å². The monoisotopic (exact) mass is 352 g/mol. The van der Waals surface area contributed by atoms with Gasteiger partial charge in [-0.3, -0.25) is 4.79 Å². The number of anilines is 1. The largest absolute Gasteiger partial charge is 0.384 e. The molecule has 1 aromatic heterocycles. The molecule has 0 unspecified atom stereocenters. The molecule has 2 fully saturated rings. The van der Waals surface area contributed by atoms with Gasteiger partial charge in [-0.05, 0) is 25.7 Å². The maximum atomic E-state index is 12.7. The summed E-state index contributed by atoms with van der Waals surface area (Å²) in [6.45, 7) is 4.38. The number of nitrogens with zero attached hydrogens (tertiary/aromatic N) is 4. The molecule has 1 amide bonds. The van der Waals surface area contributed by atoms with E-state index in [9.17, 15) is 4.79 Å². The molecule has 0 atom stereocenters. The van der Waals surface area contributed by atoms with Crippen molar-refractivity contribution in [1.82, 2.24) is 14.3 Å². The lowest BCUT2D eigenvalue weighted by molar-refractivity contribution is -0.136. The first-order valence-electron chi connectivity index (χ1n) is 9.13. The van der Waals surface area contributed by atoms with Gasteiger partial charge in [-0.15, -0.1) is 0 Å². The van der Waals surface area contributed by atoms with Crippen molar-refractivity contribution in [3.8, 4) is 0 Å². The van der Waals surface area contributed by atoms with Gasteiger partial charge in [-0.1, -0.05) is 12.8 Å². The van der Waals surface area contributed by atoms with Gasteiger partial charge in [0.1, 0.15) is 5.82 Å². The van der Waals surface area contributed by atoms with E-state index in [1.165, 1.54) is 37.2 Å². The van der Waals surface area contributed by atoms with Crippen molar-refractivity contribution in [1.29, 1.82) is 0 Å². The standard InChI is InChI=1S/C17H28N4O2S/c1-23-13-8-15-18-17(24-19-15)21-11-6-14(7-12-21)16(22)20-9-4-2-3-5-10-20/h14H,2-13H2,1H3. The molecule has 0 spiro atoms. The molecule has 2 aliphatic heterocycles. The molecular weight excluding hydrogens is 324 g/mol. The molecule has 2 saturated heterocycles. The maximum absolute atomic E-state index is 12.7. The van der Waals surface area contributed by atoms with Crippen LogP contribution in [0.3, 0.4) is 0 Å². The molecule has 1 aromatic rings. The number of carbonyl (C=O) groups excluding carboxylic acids is 1. The molecule has 0 saturated carbocycles. The lowest BCUT2D eigenvalue weighted by Gasteiger charge is -2.33. The molecule has 0 radical (unpaired) electrons. The molecule has 134 valence electrons. The van der Waals surface area contributed by atoms with Crippen LogP contribution >= 0.6 is 11.5 Å². The van der Waals surface area contributed by atoms with Gasteiger partial charge < -0.3 is 14.5 Å². The van der Waals surface area contributed by atoms with Gasteiger partial charge in [0.25, 0.3) is 0 Å². The van der Waals surface area contributed by atoms with Crippen LogP contribution in [0.25, 0.3) is 0 Å². The predicted molar refractivity (Wildman–Crippen MR) is 95.5 cm³/mol. The molecule has 3 heterocycles. The Morgan fingerprint density at radius 3 is 2.54 bits per heavy atom. The van der Waals surface area contributed by atoms with E-state index in [1.54, 1.807) is 7.11 Å². The van der Waals surface area contributed by atoms with E-state index in [1.807, 2.05) is 0 Å². The number of ether oxygens (including phenoxy) is 1. The third kappa shape index (κ3) is 4.45. The van der Waals surface area contributed by atoms with E-state index in [4.69, 9.17) is 4.74 Å².